The normalized spacial score (nSPS) is 19.7. The summed E-state index contributed by atoms with van der Waals surface area (Å²) in [4.78, 5) is 12.4. The van der Waals surface area contributed by atoms with E-state index in [-0.39, 0.29) is 28.1 Å². The molecule has 29 heavy (non-hydrogen) atoms. The minimum absolute atomic E-state index is 0.161. The van der Waals surface area contributed by atoms with Crippen molar-refractivity contribution < 1.29 is 17.6 Å². The fourth-order valence-corrected chi connectivity index (χ4v) is 5.36. The maximum absolute atomic E-state index is 14.3. The first-order chi connectivity index (χ1) is 13.7. The summed E-state index contributed by atoms with van der Waals surface area (Å²) in [5, 5.41) is 3.09. The van der Waals surface area contributed by atoms with Crippen molar-refractivity contribution in [2.75, 3.05) is 5.32 Å². The van der Waals surface area contributed by atoms with Gasteiger partial charge in [0.25, 0.3) is 5.91 Å². The number of sulfonamides is 1. The van der Waals surface area contributed by atoms with E-state index in [1.165, 1.54) is 18.2 Å². The third kappa shape index (κ3) is 5.48. The second-order valence-corrected chi connectivity index (χ2v) is 9.83. The van der Waals surface area contributed by atoms with Crippen LogP contribution < -0.4 is 10.0 Å². The van der Waals surface area contributed by atoms with Crippen molar-refractivity contribution in [3.63, 3.8) is 0 Å². The van der Waals surface area contributed by atoms with Gasteiger partial charge < -0.3 is 5.32 Å². The largest absolute Gasteiger partial charge is 0.322 e. The van der Waals surface area contributed by atoms with Gasteiger partial charge in [0.05, 0.1) is 10.5 Å². The van der Waals surface area contributed by atoms with Crippen LogP contribution in [-0.4, -0.2) is 20.4 Å². The molecule has 0 heterocycles. The second kappa shape index (κ2) is 9.00. The first-order valence-electron chi connectivity index (χ1n) is 9.25. The third-order valence-electron chi connectivity index (χ3n) is 5.03. The van der Waals surface area contributed by atoms with E-state index in [0.29, 0.717) is 10.0 Å². The van der Waals surface area contributed by atoms with E-state index in [9.17, 15) is 17.6 Å². The molecule has 1 saturated carbocycles. The number of hydrogen-bond donors (Lipinski definition) is 2. The maximum Gasteiger partial charge on any atom is 0.258 e. The monoisotopic (exact) mass is 458 g/mol. The number of carbonyl (C=O) groups is 1. The van der Waals surface area contributed by atoms with Gasteiger partial charge >= 0.3 is 0 Å². The van der Waals surface area contributed by atoms with E-state index in [1.807, 2.05) is 6.92 Å². The minimum atomic E-state index is -3.89. The molecular weight excluding hydrogens is 438 g/mol. The van der Waals surface area contributed by atoms with Crippen LogP contribution in [0.15, 0.2) is 41.3 Å². The summed E-state index contributed by atoms with van der Waals surface area (Å²) in [6.45, 7) is 2.01. The molecule has 2 aromatic rings. The van der Waals surface area contributed by atoms with Crippen molar-refractivity contribution in [2.45, 2.75) is 43.5 Å². The van der Waals surface area contributed by atoms with Crippen molar-refractivity contribution in [2.24, 2.45) is 5.92 Å². The first kappa shape index (κ1) is 22.0. The predicted octanol–water partition coefficient (Wildman–Crippen LogP) is 5.24. The lowest BCUT2D eigenvalue weighted by molar-refractivity contribution is 0.102. The number of nitrogens with one attached hydrogen (secondary N) is 2. The molecule has 2 atom stereocenters. The van der Waals surface area contributed by atoms with Gasteiger partial charge in [-0.1, -0.05) is 43.0 Å². The third-order valence-corrected chi connectivity index (χ3v) is 6.96. The van der Waals surface area contributed by atoms with Crippen LogP contribution in [0.2, 0.25) is 10.0 Å². The van der Waals surface area contributed by atoms with E-state index in [0.717, 1.165) is 43.9 Å². The molecule has 0 aromatic heterocycles. The molecule has 2 N–H and O–H groups in total. The van der Waals surface area contributed by atoms with E-state index >= 15 is 0 Å². The highest BCUT2D eigenvalue weighted by atomic mass is 35.5. The number of carbonyl (C=O) groups excluding carboxylic acids is 1. The molecule has 156 valence electrons. The Kier molecular flexibility index (Phi) is 6.83. The van der Waals surface area contributed by atoms with Gasteiger partial charge in [-0.2, -0.15) is 0 Å². The van der Waals surface area contributed by atoms with Gasteiger partial charge in [-0.15, -0.1) is 0 Å². The summed E-state index contributed by atoms with van der Waals surface area (Å²) in [6.07, 6.45) is 3.74. The molecule has 0 spiro atoms. The van der Waals surface area contributed by atoms with Crippen LogP contribution in [0, 0.1) is 11.7 Å². The molecule has 9 heteroatoms. The zero-order valence-corrected chi connectivity index (χ0v) is 18.0. The number of hydrogen-bond acceptors (Lipinski definition) is 3. The standard InChI is InChI=1S/C20H21Cl2FN2O3S/c1-12-4-2-3-5-19(12)25-29(27,28)16-6-7-18(23)17(11-16)20(26)24-15-9-13(21)8-14(22)10-15/h6-12,19,25H,2-5H2,1H3,(H,24,26)/t12-,19-/m1/s1. The van der Waals surface area contributed by atoms with E-state index < -0.39 is 21.7 Å². The van der Waals surface area contributed by atoms with Crippen LogP contribution in [0.5, 0.6) is 0 Å². The van der Waals surface area contributed by atoms with Crippen LogP contribution in [0.1, 0.15) is 43.0 Å². The zero-order valence-electron chi connectivity index (χ0n) is 15.7. The maximum atomic E-state index is 14.3. The van der Waals surface area contributed by atoms with Gasteiger partial charge in [-0.3, -0.25) is 4.79 Å². The number of benzene rings is 2. The summed E-state index contributed by atoms with van der Waals surface area (Å²) in [5.74, 6) is -1.42. The molecule has 0 saturated heterocycles. The van der Waals surface area contributed by atoms with Gasteiger partial charge in [0.2, 0.25) is 10.0 Å². The van der Waals surface area contributed by atoms with Gasteiger partial charge in [-0.05, 0) is 55.2 Å². The van der Waals surface area contributed by atoms with E-state index in [4.69, 9.17) is 23.2 Å². The fraction of sp³-hybridized carbons (Fsp3) is 0.350. The first-order valence-corrected chi connectivity index (χ1v) is 11.5. The summed E-state index contributed by atoms with van der Waals surface area (Å²) >= 11 is 11.8. The summed E-state index contributed by atoms with van der Waals surface area (Å²) in [6, 6.07) is 7.38. The predicted molar refractivity (Wildman–Crippen MR) is 113 cm³/mol. The average molecular weight is 459 g/mol. The van der Waals surface area contributed by atoms with Crippen LogP contribution in [0.4, 0.5) is 10.1 Å². The lowest BCUT2D eigenvalue weighted by atomic mass is 9.87. The molecule has 1 fully saturated rings. The Labute approximate surface area is 179 Å². The molecular formula is C20H21Cl2FN2O3S. The topological polar surface area (TPSA) is 75.3 Å². The van der Waals surface area contributed by atoms with Gasteiger partial charge in [0, 0.05) is 21.8 Å². The Morgan fingerprint density at radius 1 is 1.07 bits per heavy atom. The van der Waals surface area contributed by atoms with Crippen molar-refractivity contribution in [1.29, 1.82) is 0 Å². The lowest BCUT2D eigenvalue weighted by Crippen LogP contribution is -2.41. The minimum Gasteiger partial charge on any atom is -0.322 e. The van der Waals surface area contributed by atoms with E-state index in [2.05, 4.69) is 10.0 Å². The summed E-state index contributed by atoms with van der Waals surface area (Å²) in [7, 11) is -3.89. The molecule has 1 aliphatic rings. The molecule has 5 nitrogen and oxygen atoms in total. The molecule has 3 rings (SSSR count). The Morgan fingerprint density at radius 2 is 1.72 bits per heavy atom. The quantitative estimate of drug-likeness (QED) is 0.642. The zero-order chi connectivity index (χ0) is 21.2. The molecule has 1 aliphatic carbocycles. The highest BCUT2D eigenvalue weighted by molar-refractivity contribution is 7.89. The molecule has 2 aromatic carbocycles. The Balaban J connectivity index is 1.84. The number of amides is 1. The van der Waals surface area contributed by atoms with Crippen molar-refractivity contribution in [3.05, 3.63) is 57.8 Å². The Morgan fingerprint density at radius 3 is 2.38 bits per heavy atom. The molecule has 0 radical (unpaired) electrons. The molecule has 1 amide bonds. The molecule has 0 bridgehead atoms. The number of halogens is 3. The SMILES string of the molecule is C[C@@H]1CCCC[C@H]1NS(=O)(=O)c1ccc(F)c(C(=O)Nc2cc(Cl)cc(Cl)c2)c1. The summed E-state index contributed by atoms with van der Waals surface area (Å²) in [5.41, 5.74) is -0.116. The Hall–Kier alpha value is -1.67. The van der Waals surface area contributed by atoms with Gasteiger partial charge in [0.15, 0.2) is 0 Å². The molecule has 0 unspecified atom stereocenters. The lowest BCUT2D eigenvalue weighted by Gasteiger charge is -2.29. The van der Waals surface area contributed by atoms with Gasteiger partial charge in [-0.25, -0.2) is 17.5 Å². The van der Waals surface area contributed by atoms with Crippen molar-refractivity contribution in [3.8, 4) is 0 Å². The Bertz CT molecular complexity index is 1010. The highest BCUT2D eigenvalue weighted by Crippen LogP contribution is 2.26. The smallest absolute Gasteiger partial charge is 0.258 e. The van der Waals surface area contributed by atoms with Crippen LogP contribution >= 0.6 is 23.2 Å². The average Bonchev–Trinajstić information content (AvgIpc) is 2.62. The fourth-order valence-electron chi connectivity index (χ4n) is 3.43. The van der Waals surface area contributed by atoms with Crippen LogP contribution in [-0.2, 0) is 10.0 Å². The van der Waals surface area contributed by atoms with Crippen LogP contribution in [0.3, 0.4) is 0 Å². The number of rotatable bonds is 5. The van der Waals surface area contributed by atoms with Gasteiger partial charge in [0.1, 0.15) is 5.82 Å². The highest BCUT2D eigenvalue weighted by Gasteiger charge is 2.27. The van der Waals surface area contributed by atoms with Crippen molar-refractivity contribution in [1.82, 2.24) is 4.72 Å². The van der Waals surface area contributed by atoms with Crippen LogP contribution in [0.25, 0.3) is 0 Å². The molecule has 0 aliphatic heterocycles. The van der Waals surface area contributed by atoms with E-state index in [1.54, 1.807) is 0 Å². The summed E-state index contributed by atoms with van der Waals surface area (Å²) < 4.78 is 42.5. The second-order valence-electron chi connectivity index (χ2n) is 7.24. The number of anilines is 1. The van der Waals surface area contributed by atoms with Crippen molar-refractivity contribution >= 4 is 44.8 Å².